The molecule has 2 nitrogen and oxygen atoms in total. The van der Waals surface area contributed by atoms with Crippen LogP contribution in [-0.4, -0.2) is 20.2 Å². The Morgan fingerprint density at radius 1 is 1.17 bits per heavy atom. The monoisotopic (exact) mass is 338 g/mol. The molecule has 0 aromatic rings. The van der Waals surface area contributed by atoms with Crippen LogP contribution in [0.3, 0.4) is 0 Å². The predicted octanol–water partition coefficient (Wildman–Crippen LogP) is 6.27. The van der Waals surface area contributed by atoms with Crippen LogP contribution >= 0.6 is 0 Å². The van der Waals surface area contributed by atoms with Gasteiger partial charge >= 0.3 is 0 Å². The Labute approximate surface area is 145 Å². The van der Waals surface area contributed by atoms with Crippen LogP contribution in [0.25, 0.3) is 0 Å². The van der Waals surface area contributed by atoms with Crippen LogP contribution < -0.4 is 0 Å². The summed E-state index contributed by atoms with van der Waals surface area (Å²) in [5.41, 5.74) is 0.970. The van der Waals surface area contributed by atoms with Crippen LogP contribution in [0.1, 0.15) is 79.6 Å². The lowest BCUT2D eigenvalue weighted by Gasteiger charge is -2.39. The Morgan fingerprint density at radius 3 is 2.35 bits per heavy atom. The summed E-state index contributed by atoms with van der Waals surface area (Å²) in [4.78, 5) is 12.4. The van der Waals surface area contributed by atoms with Crippen molar-refractivity contribution in [1.82, 2.24) is 0 Å². The summed E-state index contributed by atoms with van der Waals surface area (Å²) in [5, 5.41) is 0.184. The summed E-state index contributed by atoms with van der Waals surface area (Å²) in [6.07, 6.45) is 10.3. The van der Waals surface area contributed by atoms with Crippen molar-refractivity contribution < 1.29 is 9.22 Å². The van der Waals surface area contributed by atoms with Gasteiger partial charge in [0.15, 0.2) is 14.1 Å². The molecule has 1 aliphatic carbocycles. The zero-order chi connectivity index (χ0) is 17.7. The summed E-state index contributed by atoms with van der Waals surface area (Å²) in [6, 6.07) is 0. The summed E-state index contributed by atoms with van der Waals surface area (Å²) < 4.78 is 6.60. The molecule has 0 heterocycles. The van der Waals surface area contributed by atoms with E-state index in [1.54, 1.807) is 0 Å². The highest BCUT2D eigenvalue weighted by molar-refractivity contribution is 6.74. The molecule has 0 bridgehead atoms. The van der Waals surface area contributed by atoms with Crippen LogP contribution in [0.2, 0.25) is 18.1 Å². The topological polar surface area (TPSA) is 26.3 Å². The van der Waals surface area contributed by atoms with Gasteiger partial charge < -0.3 is 4.43 Å². The molecule has 3 heteroatoms. The molecule has 0 amide bonds. The van der Waals surface area contributed by atoms with Gasteiger partial charge in [0.2, 0.25) is 0 Å². The minimum absolute atomic E-state index is 0.0269. The Bertz CT molecular complexity index is 418. The van der Waals surface area contributed by atoms with E-state index in [2.05, 4.69) is 53.8 Å². The molecule has 2 unspecified atom stereocenters. The van der Waals surface area contributed by atoms with Crippen molar-refractivity contribution in [2.75, 3.05) is 0 Å². The minimum atomic E-state index is -1.84. The van der Waals surface area contributed by atoms with E-state index in [4.69, 9.17) is 4.43 Å². The van der Waals surface area contributed by atoms with Crippen LogP contribution in [0.4, 0.5) is 0 Å². The molecule has 23 heavy (non-hydrogen) atoms. The molecular weight excluding hydrogens is 300 g/mol. The molecule has 1 aliphatic rings. The van der Waals surface area contributed by atoms with Crippen LogP contribution in [0, 0.1) is 5.92 Å². The first-order chi connectivity index (χ1) is 10.6. The van der Waals surface area contributed by atoms with Crippen molar-refractivity contribution in [2.45, 2.75) is 104 Å². The minimum Gasteiger partial charge on any atom is -0.410 e. The summed E-state index contributed by atoms with van der Waals surface area (Å²) in [5.74, 6) is 0.637. The first kappa shape index (κ1) is 20.6. The van der Waals surface area contributed by atoms with Gasteiger partial charge in [-0.05, 0) is 36.9 Å². The van der Waals surface area contributed by atoms with Gasteiger partial charge in [-0.3, -0.25) is 4.79 Å². The fourth-order valence-electron chi connectivity index (χ4n) is 2.89. The van der Waals surface area contributed by atoms with E-state index < -0.39 is 8.32 Å². The molecule has 134 valence electrons. The number of rotatable bonds is 8. The molecule has 0 N–H and O–H groups in total. The van der Waals surface area contributed by atoms with E-state index in [1.165, 1.54) is 32.1 Å². The summed E-state index contributed by atoms with van der Waals surface area (Å²) >= 11 is 0. The molecule has 0 radical (unpaired) electrons. The lowest BCUT2D eigenvalue weighted by atomic mass is 10.0. The number of hydrogen-bond donors (Lipinski definition) is 0. The maximum Gasteiger partial charge on any atom is 0.192 e. The van der Waals surface area contributed by atoms with E-state index in [0.29, 0.717) is 18.1 Å². The highest BCUT2D eigenvalue weighted by Crippen LogP contribution is 2.41. The first-order valence-electron chi connectivity index (χ1n) is 9.51. The molecule has 2 atom stereocenters. The Balaban J connectivity index is 2.70. The Kier molecular flexibility index (Phi) is 7.73. The fourth-order valence-corrected chi connectivity index (χ4v) is 4.24. The maximum absolute atomic E-state index is 12.4. The molecule has 0 saturated heterocycles. The molecule has 1 saturated carbocycles. The van der Waals surface area contributed by atoms with Gasteiger partial charge in [0, 0.05) is 12.0 Å². The highest BCUT2D eigenvalue weighted by atomic mass is 28.4. The second-order valence-electron chi connectivity index (χ2n) is 8.77. The third-order valence-corrected chi connectivity index (χ3v) is 10.0. The van der Waals surface area contributed by atoms with Gasteiger partial charge in [-0.15, -0.1) is 0 Å². The largest absolute Gasteiger partial charge is 0.410 e. The SMILES string of the molecule is CCCCCCC/C=C1/C(=O)CC(C)C1O[Si](C)(C)C(C)(C)C. The van der Waals surface area contributed by atoms with Crippen molar-refractivity contribution in [3.05, 3.63) is 11.6 Å². The number of allylic oxidation sites excluding steroid dienone is 1. The van der Waals surface area contributed by atoms with E-state index >= 15 is 0 Å². The van der Waals surface area contributed by atoms with Crippen molar-refractivity contribution in [1.29, 1.82) is 0 Å². The highest BCUT2D eigenvalue weighted by Gasteiger charge is 2.44. The van der Waals surface area contributed by atoms with Crippen LogP contribution in [-0.2, 0) is 9.22 Å². The van der Waals surface area contributed by atoms with Gasteiger partial charge in [-0.1, -0.05) is 66.4 Å². The molecule has 0 spiro atoms. The van der Waals surface area contributed by atoms with Crippen molar-refractivity contribution in [2.24, 2.45) is 5.92 Å². The van der Waals surface area contributed by atoms with E-state index in [1.807, 2.05) is 0 Å². The van der Waals surface area contributed by atoms with Gasteiger partial charge in [-0.2, -0.15) is 0 Å². The number of ketones is 1. The lowest BCUT2D eigenvalue weighted by Crippen LogP contribution is -2.45. The predicted molar refractivity (Wildman–Crippen MR) is 102 cm³/mol. The second-order valence-corrected chi connectivity index (χ2v) is 13.5. The summed E-state index contributed by atoms with van der Waals surface area (Å²) in [7, 11) is -1.84. The number of Topliss-reactive ketones (excluding diaryl/α,β-unsaturated/α-hetero) is 1. The quantitative estimate of drug-likeness (QED) is 0.296. The van der Waals surface area contributed by atoms with E-state index in [0.717, 1.165) is 12.0 Å². The molecule has 1 rings (SSSR count). The first-order valence-corrected chi connectivity index (χ1v) is 12.4. The molecular formula is C20H38O2Si. The molecule has 1 fully saturated rings. The molecule has 0 aliphatic heterocycles. The number of carbonyl (C=O) groups is 1. The number of hydrogen-bond acceptors (Lipinski definition) is 2. The van der Waals surface area contributed by atoms with Gasteiger partial charge in [0.25, 0.3) is 0 Å². The standard InChI is InChI=1S/C20H38O2Si/c1-8-9-10-11-12-13-14-17-18(21)15-16(2)19(17)22-23(6,7)20(3,4)5/h14,16,19H,8-13,15H2,1-7H3/b17-14-. The van der Waals surface area contributed by atoms with Gasteiger partial charge in [0.05, 0.1) is 6.10 Å². The van der Waals surface area contributed by atoms with E-state index in [-0.39, 0.29) is 11.1 Å². The van der Waals surface area contributed by atoms with Crippen LogP contribution in [0.5, 0.6) is 0 Å². The zero-order valence-electron chi connectivity index (χ0n) is 16.5. The smallest absolute Gasteiger partial charge is 0.192 e. The van der Waals surface area contributed by atoms with Gasteiger partial charge in [0.1, 0.15) is 0 Å². The van der Waals surface area contributed by atoms with E-state index in [9.17, 15) is 4.79 Å². The van der Waals surface area contributed by atoms with Crippen molar-refractivity contribution >= 4 is 14.1 Å². The lowest BCUT2D eigenvalue weighted by molar-refractivity contribution is -0.114. The average Bonchev–Trinajstić information content (AvgIpc) is 2.67. The molecule has 0 aromatic carbocycles. The van der Waals surface area contributed by atoms with Crippen molar-refractivity contribution in [3.63, 3.8) is 0 Å². The average molecular weight is 339 g/mol. The number of carbonyl (C=O) groups excluding carboxylic acids is 1. The normalized spacial score (nSPS) is 24.7. The fraction of sp³-hybridized carbons (Fsp3) is 0.850. The second kappa shape index (κ2) is 8.62. The summed E-state index contributed by atoms with van der Waals surface area (Å²) in [6.45, 7) is 15.8. The Morgan fingerprint density at radius 2 is 1.78 bits per heavy atom. The van der Waals surface area contributed by atoms with Gasteiger partial charge in [-0.25, -0.2) is 0 Å². The third-order valence-electron chi connectivity index (χ3n) is 5.55. The zero-order valence-corrected chi connectivity index (χ0v) is 17.5. The number of unbranched alkanes of at least 4 members (excludes halogenated alkanes) is 5. The van der Waals surface area contributed by atoms with Crippen LogP contribution in [0.15, 0.2) is 11.6 Å². The Hall–Kier alpha value is -0.413. The van der Waals surface area contributed by atoms with Crippen molar-refractivity contribution in [3.8, 4) is 0 Å². The third kappa shape index (κ3) is 5.86. The maximum atomic E-state index is 12.4. The molecule has 0 aromatic heterocycles.